The fourth-order valence-corrected chi connectivity index (χ4v) is 5.61. The summed E-state index contributed by atoms with van der Waals surface area (Å²) >= 11 is 0. The lowest BCUT2D eigenvalue weighted by molar-refractivity contribution is -0.660. The first-order valence-electron chi connectivity index (χ1n) is 10.1. The molecule has 3 rings (SSSR count). The zero-order chi connectivity index (χ0) is 26.7. The molecule has 0 amide bonds. The summed E-state index contributed by atoms with van der Waals surface area (Å²) in [5.41, 5.74) is 16.5. The first-order chi connectivity index (χ1) is 16.8. The second-order valence-electron chi connectivity index (χ2n) is 7.60. The number of rotatable bonds is 4. The second-order valence-corrected chi connectivity index (χ2v) is 10.7. The van der Waals surface area contributed by atoms with E-state index in [1.165, 1.54) is 0 Å². The third kappa shape index (κ3) is 6.58. The van der Waals surface area contributed by atoms with Gasteiger partial charge in [0.15, 0.2) is 12.2 Å². The zero-order valence-electron chi connectivity index (χ0n) is 18.8. The minimum absolute atomic E-state index is 0.0647. The van der Waals surface area contributed by atoms with Crippen molar-refractivity contribution in [3.05, 3.63) is 60.0 Å². The van der Waals surface area contributed by atoms with E-state index in [9.17, 15) is 25.9 Å². The highest BCUT2D eigenvalue weighted by atomic mass is 32.2. The number of nitrogens with two attached hydrogens (primary N) is 3. The minimum Gasteiger partial charge on any atom is -0.477 e. The van der Waals surface area contributed by atoms with Crippen LogP contribution in [0.25, 0.3) is 11.3 Å². The van der Waals surface area contributed by atoms with E-state index in [0.29, 0.717) is 16.8 Å². The first-order valence-corrected chi connectivity index (χ1v) is 13.1. The molecule has 1 aliphatic rings. The van der Waals surface area contributed by atoms with E-state index in [1.807, 2.05) is 36.0 Å². The van der Waals surface area contributed by atoms with Crippen LogP contribution in [0.2, 0.25) is 0 Å². The number of hydrogen-bond donors (Lipinski definition) is 5. The predicted octanol–water partition coefficient (Wildman–Crippen LogP) is -0.476. The van der Waals surface area contributed by atoms with Gasteiger partial charge >= 0.3 is 10.1 Å². The van der Waals surface area contributed by atoms with Crippen LogP contribution in [0.5, 0.6) is 0 Å². The maximum atomic E-state index is 11.7. The van der Waals surface area contributed by atoms with Crippen LogP contribution in [0.3, 0.4) is 0 Å². The Balaban J connectivity index is 2.10. The molecule has 0 fully saturated rings. The van der Waals surface area contributed by atoms with Gasteiger partial charge in [0.2, 0.25) is 17.1 Å². The minimum atomic E-state index is -4.93. The summed E-state index contributed by atoms with van der Waals surface area (Å²) in [4.78, 5) is 7.78. The first kappa shape index (κ1) is 26.6. The van der Waals surface area contributed by atoms with Crippen molar-refractivity contribution in [1.29, 1.82) is 0 Å². The van der Waals surface area contributed by atoms with Crippen LogP contribution in [0.4, 0.5) is 5.69 Å². The molecule has 1 aromatic heterocycles. The molecular formula is C21H23N6O7S2+. The average Bonchev–Trinajstić information content (AvgIpc) is 2.76. The van der Waals surface area contributed by atoms with Crippen molar-refractivity contribution < 1.29 is 35.2 Å². The van der Waals surface area contributed by atoms with Crippen LogP contribution in [0, 0.1) is 11.8 Å². The number of aryl methyl sites for hydroxylation is 1. The van der Waals surface area contributed by atoms with E-state index >= 15 is 0 Å². The van der Waals surface area contributed by atoms with Crippen LogP contribution >= 0.6 is 0 Å². The number of pyridine rings is 1. The Morgan fingerprint density at radius 1 is 1.08 bits per heavy atom. The Labute approximate surface area is 207 Å². The lowest BCUT2D eigenvalue weighted by Crippen LogP contribution is -2.42. The monoisotopic (exact) mass is 535 g/mol. The Morgan fingerprint density at radius 3 is 2.42 bits per heavy atom. The fraction of sp³-hybridized carbons (Fsp3) is 0.190. The third-order valence-electron chi connectivity index (χ3n) is 4.92. The van der Waals surface area contributed by atoms with Crippen LogP contribution in [0.1, 0.15) is 12.0 Å². The normalized spacial score (nSPS) is 18.3. The molecule has 190 valence electrons. The maximum Gasteiger partial charge on any atom is 0.304 e. The molecule has 2 atom stereocenters. The molecular weight excluding hydrogens is 512 g/mol. The number of aliphatic imine (C=N–C) groups is 2. The smallest absolute Gasteiger partial charge is 0.304 e. The summed E-state index contributed by atoms with van der Waals surface area (Å²) in [6.07, 6.45) is 2.24. The van der Waals surface area contributed by atoms with E-state index in [1.54, 1.807) is 18.2 Å². The third-order valence-corrected chi connectivity index (χ3v) is 7.30. The summed E-state index contributed by atoms with van der Waals surface area (Å²) < 4.78 is 72.0. The van der Waals surface area contributed by atoms with Crippen molar-refractivity contribution in [2.24, 2.45) is 34.2 Å². The summed E-state index contributed by atoms with van der Waals surface area (Å²) in [6, 6.07) is 10.5. The Morgan fingerprint density at radius 2 is 1.81 bits per heavy atom. The highest BCUT2D eigenvalue weighted by Crippen LogP contribution is 2.28. The number of allylic oxidation sites excluding steroid dienone is 1. The molecule has 36 heavy (non-hydrogen) atoms. The summed E-state index contributed by atoms with van der Waals surface area (Å²) in [5.74, 6) is 5.16. The number of hydrogen-bond acceptors (Lipinski definition) is 6. The fourth-order valence-electron chi connectivity index (χ4n) is 3.35. The molecule has 0 saturated heterocycles. The maximum absolute atomic E-state index is 11.7. The van der Waals surface area contributed by atoms with Gasteiger partial charge in [-0.2, -0.15) is 21.8 Å². The van der Waals surface area contributed by atoms with Crippen LogP contribution in [0.15, 0.2) is 64.4 Å². The van der Waals surface area contributed by atoms with Gasteiger partial charge in [-0.25, -0.2) is 9.56 Å². The number of ether oxygens (including phenoxy) is 1. The van der Waals surface area contributed by atoms with Gasteiger partial charge in [0.1, 0.15) is 12.3 Å². The van der Waals surface area contributed by atoms with Crippen molar-refractivity contribution in [3.8, 4) is 23.1 Å². The number of guanidine groups is 2. The average molecular weight is 536 g/mol. The van der Waals surface area contributed by atoms with Crippen LogP contribution in [-0.4, -0.2) is 48.5 Å². The van der Waals surface area contributed by atoms with E-state index in [-0.39, 0.29) is 17.5 Å². The van der Waals surface area contributed by atoms with Gasteiger partial charge in [0.05, 0.1) is 17.5 Å². The highest BCUT2D eigenvalue weighted by Gasteiger charge is 2.44. The van der Waals surface area contributed by atoms with Crippen molar-refractivity contribution >= 4 is 37.8 Å². The number of aromatic nitrogens is 1. The van der Waals surface area contributed by atoms with E-state index in [0.717, 1.165) is 12.0 Å². The van der Waals surface area contributed by atoms with E-state index in [4.69, 9.17) is 21.9 Å². The quantitative estimate of drug-likeness (QED) is 0.111. The molecule has 0 saturated carbocycles. The highest BCUT2D eigenvalue weighted by molar-refractivity contribution is 7.90. The molecule has 8 N–H and O–H groups in total. The Hall–Kier alpha value is -3.97. The summed E-state index contributed by atoms with van der Waals surface area (Å²) in [6.45, 7) is 0. The van der Waals surface area contributed by atoms with Gasteiger partial charge in [0, 0.05) is 29.7 Å². The lowest BCUT2D eigenvalue weighted by Gasteiger charge is -2.25. The SMILES string of the molecule is C[n+]1ccccc1-c1ccc(N=C(N)N=C(N)N)cc1C#CC1=CO[C@H](S(=O)(=O)O)[C@H](S(=O)(=O)O)C1. The largest absolute Gasteiger partial charge is 0.477 e. The molecule has 13 nitrogen and oxygen atoms in total. The van der Waals surface area contributed by atoms with Crippen LogP contribution < -0.4 is 21.8 Å². The number of benzene rings is 1. The standard InChI is InChI=1S/C21H22N6O7S2/c1-27-9-3-2-4-17(27)16-8-7-15(25-21(24)26-20(22)23)11-14(16)6-5-13-10-18(35(28,29)30)19(34-12-13)36(31,32)33/h2-4,7-9,11-12,18-19H,10H2,1H3,(H7,22,23,24,26,28,29,30,31,32,33)/p+1/t18-,19-/m1/s1. The van der Waals surface area contributed by atoms with Gasteiger partial charge in [-0.05, 0) is 24.3 Å². The van der Waals surface area contributed by atoms with Gasteiger partial charge in [-0.3, -0.25) is 9.11 Å². The van der Waals surface area contributed by atoms with Gasteiger partial charge in [0.25, 0.3) is 10.1 Å². The van der Waals surface area contributed by atoms with Gasteiger partial charge in [-0.15, -0.1) is 0 Å². The zero-order valence-corrected chi connectivity index (χ0v) is 20.4. The molecule has 2 aromatic rings. The summed E-state index contributed by atoms with van der Waals surface area (Å²) in [5, 5.41) is -1.97. The molecule has 0 aliphatic carbocycles. The van der Waals surface area contributed by atoms with E-state index < -0.39 is 37.3 Å². The molecule has 0 radical (unpaired) electrons. The summed E-state index contributed by atoms with van der Waals surface area (Å²) in [7, 11) is -8.00. The topological polar surface area (TPSA) is 225 Å². The predicted molar refractivity (Wildman–Crippen MR) is 131 cm³/mol. The second kappa shape index (κ2) is 10.3. The molecule has 0 spiro atoms. The lowest BCUT2D eigenvalue weighted by atomic mass is 10.0. The van der Waals surface area contributed by atoms with Crippen molar-refractivity contribution in [3.63, 3.8) is 0 Å². The Kier molecular flexibility index (Phi) is 7.65. The molecule has 1 aliphatic heterocycles. The van der Waals surface area contributed by atoms with Crippen molar-refractivity contribution in [2.45, 2.75) is 17.1 Å². The van der Waals surface area contributed by atoms with Gasteiger partial charge < -0.3 is 21.9 Å². The van der Waals surface area contributed by atoms with Crippen molar-refractivity contribution in [2.75, 3.05) is 0 Å². The molecule has 15 heteroatoms. The Bertz CT molecular complexity index is 1550. The van der Waals surface area contributed by atoms with Crippen molar-refractivity contribution in [1.82, 2.24) is 0 Å². The molecule has 1 aromatic carbocycles. The number of nitrogens with zero attached hydrogens (tertiary/aromatic N) is 3. The van der Waals surface area contributed by atoms with Gasteiger partial charge in [-0.1, -0.05) is 11.8 Å². The molecule has 0 unspecified atom stereocenters. The molecule has 0 bridgehead atoms. The van der Waals surface area contributed by atoms with E-state index in [2.05, 4.69) is 21.8 Å². The van der Waals surface area contributed by atoms with Crippen LogP contribution in [-0.2, 0) is 32.0 Å². The molecule has 2 heterocycles.